The van der Waals surface area contributed by atoms with Crippen molar-refractivity contribution in [2.24, 2.45) is 0 Å². The molecule has 1 atom stereocenters. The van der Waals surface area contributed by atoms with E-state index >= 15 is 0 Å². The van der Waals surface area contributed by atoms with Crippen LogP contribution in [0.3, 0.4) is 0 Å². The molecule has 1 saturated carbocycles. The lowest BCUT2D eigenvalue weighted by molar-refractivity contribution is -0.124. The zero-order valence-corrected chi connectivity index (χ0v) is 10.4. The van der Waals surface area contributed by atoms with Crippen LogP contribution in [0, 0.1) is 0 Å². The normalized spacial score (nSPS) is 20.9. The number of carbonyl (C=O) groups excluding carboxylic acids is 1. The third-order valence-electron chi connectivity index (χ3n) is 3.33. The fraction of sp³-hybridized carbons (Fsp3) is 0.917. The summed E-state index contributed by atoms with van der Waals surface area (Å²) >= 11 is 0. The van der Waals surface area contributed by atoms with Gasteiger partial charge < -0.3 is 10.6 Å². The van der Waals surface area contributed by atoms with Crippen LogP contribution in [-0.2, 0) is 4.79 Å². The summed E-state index contributed by atoms with van der Waals surface area (Å²) in [5, 5.41) is 6.41. The third kappa shape index (κ3) is 3.20. The molecule has 0 heterocycles. The highest BCUT2D eigenvalue weighted by molar-refractivity contribution is 5.81. The molecular formula is C12H24N2O. The number of carbonyl (C=O) groups is 1. The molecule has 1 unspecified atom stereocenters. The zero-order chi connectivity index (χ0) is 11.5. The topological polar surface area (TPSA) is 41.1 Å². The van der Waals surface area contributed by atoms with Gasteiger partial charge in [0.25, 0.3) is 0 Å². The number of nitrogens with one attached hydrogen (secondary N) is 2. The maximum atomic E-state index is 11.7. The second-order valence-electron chi connectivity index (χ2n) is 5.02. The molecule has 0 spiro atoms. The van der Waals surface area contributed by atoms with Gasteiger partial charge in [0.2, 0.25) is 5.91 Å². The molecule has 0 aromatic rings. The van der Waals surface area contributed by atoms with Gasteiger partial charge in [-0.25, -0.2) is 0 Å². The molecule has 3 nitrogen and oxygen atoms in total. The monoisotopic (exact) mass is 212 g/mol. The molecule has 1 aliphatic carbocycles. The van der Waals surface area contributed by atoms with E-state index in [0.29, 0.717) is 0 Å². The highest BCUT2D eigenvalue weighted by Gasteiger charge is 2.36. The summed E-state index contributed by atoms with van der Waals surface area (Å²) in [6, 6.07) is 0.147. The SMILES string of the molecule is CCC1(NC(C)C(=O)NC(C)C)CCC1. The van der Waals surface area contributed by atoms with E-state index in [4.69, 9.17) is 0 Å². The van der Waals surface area contributed by atoms with E-state index in [1.807, 2.05) is 20.8 Å². The van der Waals surface area contributed by atoms with E-state index in [1.54, 1.807) is 0 Å². The highest BCUT2D eigenvalue weighted by atomic mass is 16.2. The van der Waals surface area contributed by atoms with E-state index in [0.717, 1.165) is 6.42 Å². The molecule has 0 saturated heterocycles. The lowest BCUT2D eigenvalue weighted by Gasteiger charge is -2.44. The van der Waals surface area contributed by atoms with Crippen LogP contribution in [0.15, 0.2) is 0 Å². The van der Waals surface area contributed by atoms with Crippen LogP contribution in [0.5, 0.6) is 0 Å². The molecule has 2 N–H and O–H groups in total. The Morgan fingerprint density at radius 3 is 2.27 bits per heavy atom. The van der Waals surface area contributed by atoms with E-state index in [2.05, 4.69) is 17.6 Å². The number of rotatable bonds is 5. The summed E-state index contributed by atoms with van der Waals surface area (Å²) < 4.78 is 0. The first-order valence-electron chi connectivity index (χ1n) is 6.07. The molecule has 0 aromatic carbocycles. The molecule has 0 radical (unpaired) electrons. The summed E-state index contributed by atoms with van der Waals surface area (Å²) in [6.07, 6.45) is 4.83. The molecule has 0 aliphatic heterocycles. The quantitative estimate of drug-likeness (QED) is 0.730. The van der Waals surface area contributed by atoms with Crippen LogP contribution >= 0.6 is 0 Å². The minimum absolute atomic E-state index is 0.0763. The molecule has 0 aromatic heterocycles. The van der Waals surface area contributed by atoms with Crippen molar-refractivity contribution in [1.82, 2.24) is 10.6 Å². The van der Waals surface area contributed by atoms with Gasteiger partial charge in [-0.05, 0) is 46.5 Å². The Morgan fingerprint density at radius 1 is 1.33 bits per heavy atom. The van der Waals surface area contributed by atoms with Gasteiger partial charge in [0.1, 0.15) is 0 Å². The summed E-state index contributed by atoms with van der Waals surface area (Å²) in [6.45, 7) is 8.12. The maximum Gasteiger partial charge on any atom is 0.237 e. The smallest absolute Gasteiger partial charge is 0.237 e. The summed E-state index contributed by atoms with van der Waals surface area (Å²) in [4.78, 5) is 11.7. The third-order valence-corrected chi connectivity index (χ3v) is 3.33. The van der Waals surface area contributed by atoms with Crippen molar-refractivity contribution in [3.63, 3.8) is 0 Å². The van der Waals surface area contributed by atoms with Gasteiger partial charge >= 0.3 is 0 Å². The maximum absolute atomic E-state index is 11.7. The predicted octanol–water partition coefficient (Wildman–Crippen LogP) is 1.82. The predicted molar refractivity (Wildman–Crippen MR) is 62.7 cm³/mol. The van der Waals surface area contributed by atoms with Crippen LogP contribution in [0.2, 0.25) is 0 Å². The van der Waals surface area contributed by atoms with Crippen LogP contribution in [0.25, 0.3) is 0 Å². The Balaban J connectivity index is 2.40. The van der Waals surface area contributed by atoms with Gasteiger partial charge in [0.15, 0.2) is 0 Å². The van der Waals surface area contributed by atoms with E-state index in [-0.39, 0.29) is 23.5 Å². The zero-order valence-electron chi connectivity index (χ0n) is 10.4. The second kappa shape index (κ2) is 4.97. The minimum Gasteiger partial charge on any atom is -0.353 e. The van der Waals surface area contributed by atoms with Gasteiger partial charge in [-0.2, -0.15) is 0 Å². The molecule has 1 fully saturated rings. The number of hydrogen-bond donors (Lipinski definition) is 2. The van der Waals surface area contributed by atoms with Crippen LogP contribution < -0.4 is 10.6 Å². The summed E-state index contributed by atoms with van der Waals surface area (Å²) in [5.41, 5.74) is 0.244. The first-order valence-corrected chi connectivity index (χ1v) is 6.07. The number of hydrogen-bond acceptors (Lipinski definition) is 2. The fourth-order valence-corrected chi connectivity index (χ4v) is 2.14. The van der Waals surface area contributed by atoms with Gasteiger partial charge in [0, 0.05) is 11.6 Å². The Morgan fingerprint density at radius 2 is 1.93 bits per heavy atom. The van der Waals surface area contributed by atoms with E-state index < -0.39 is 0 Å². The molecular weight excluding hydrogens is 188 g/mol. The Hall–Kier alpha value is -0.570. The largest absolute Gasteiger partial charge is 0.353 e. The highest BCUT2D eigenvalue weighted by Crippen LogP contribution is 2.34. The first kappa shape index (κ1) is 12.5. The van der Waals surface area contributed by atoms with E-state index in [1.165, 1.54) is 19.3 Å². The molecule has 1 amide bonds. The van der Waals surface area contributed by atoms with Gasteiger partial charge in [-0.15, -0.1) is 0 Å². The molecule has 3 heteroatoms. The summed E-state index contributed by atoms with van der Waals surface area (Å²) in [5.74, 6) is 0.115. The van der Waals surface area contributed by atoms with Gasteiger partial charge in [-0.1, -0.05) is 6.92 Å². The van der Waals surface area contributed by atoms with Crippen molar-refractivity contribution in [2.45, 2.75) is 71.0 Å². The average Bonchev–Trinajstić information content (AvgIpc) is 2.09. The van der Waals surface area contributed by atoms with Crippen LogP contribution in [0.1, 0.15) is 53.4 Å². The van der Waals surface area contributed by atoms with Crippen molar-refractivity contribution < 1.29 is 4.79 Å². The lowest BCUT2D eigenvalue weighted by atomic mass is 9.74. The Kier molecular flexibility index (Phi) is 4.14. The molecule has 1 rings (SSSR count). The van der Waals surface area contributed by atoms with Gasteiger partial charge in [0.05, 0.1) is 6.04 Å². The number of amides is 1. The molecule has 1 aliphatic rings. The van der Waals surface area contributed by atoms with Crippen LogP contribution in [-0.4, -0.2) is 23.5 Å². The first-order chi connectivity index (χ1) is 6.99. The molecule has 88 valence electrons. The van der Waals surface area contributed by atoms with Gasteiger partial charge in [-0.3, -0.25) is 4.79 Å². The van der Waals surface area contributed by atoms with Crippen molar-refractivity contribution in [3.05, 3.63) is 0 Å². The fourth-order valence-electron chi connectivity index (χ4n) is 2.14. The molecule has 0 bridgehead atoms. The summed E-state index contributed by atoms with van der Waals surface area (Å²) in [7, 11) is 0. The Bertz CT molecular complexity index is 216. The van der Waals surface area contributed by atoms with Crippen molar-refractivity contribution in [2.75, 3.05) is 0 Å². The average molecular weight is 212 g/mol. The minimum atomic E-state index is -0.0763. The van der Waals surface area contributed by atoms with E-state index in [9.17, 15) is 4.79 Å². The van der Waals surface area contributed by atoms with Crippen LogP contribution in [0.4, 0.5) is 0 Å². The lowest BCUT2D eigenvalue weighted by Crippen LogP contribution is -2.58. The van der Waals surface area contributed by atoms with Crippen molar-refractivity contribution in [3.8, 4) is 0 Å². The second-order valence-corrected chi connectivity index (χ2v) is 5.02. The van der Waals surface area contributed by atoms with Crippen molar-refractivity contribution >= 4 is 5.91 Å². The standard InChI is InChI=1S/C12H24N2O/c1-5-12(7-6-8-12)14-10(4)11(15)13-9(2)3/h9-10,14H,5-8H2,1-4H3,(H,13,15). The molecule has 15 heavy (non-hydrogen) atoms. The Labute approximate surface area is 93.0 Å². The van der Waals surface area contributed by atoms with Crippen molar-refractivity contribution in [1.29, 1.82) is 0 Å².